The summed E-state index contributed by atoms with van der Waals surface area (Å²) in [5.41, 5.74) is 5.91. The van der Waals surface area contributed by atoms with E-state index in [0.717, 1.165) is 52.1 Å². The third-order valence-corrected chi connectivity index (χ3v) is 5.71. The van der Waals surface area contributed by atoms with Crippen molar-refractivity contribution in [3.8, 4) is 34.6 Å². The molecule has 5 rings (SSSR count). The number of H-pyrrole nitrogens is 1. The van der Waals surface area contributed by atoms with Gasteiger partial charge in [0, 0.05) is 5.56 Å². The number of unbranched alkanes of at least 4 members (excludes halogenated alkanes) is 1. The lowest BCUT2D eigenvalue weighted by Gasteiger charge is -2.09. The fourth-order valence-corrected chi connectivity index (χ4v) is 3.98. The maximum atomic E-state index is 9.30. The Morgan fingerprint density at radius 3 is 2.50 bits per heavy atom. The average molecular weight is 448 g/mol. The van der Waals surface area contributed by atoms with Gasteiger partial charge >= 0.3 is 0 Å². The zero-order chi connectivity index (χ0) is 23.3. The lowest BCUT2D eigenvalue weighted by Crippen LogP contribution is -2.05. The third kappa shape index (κ3) is 4.28. The number of fused-ring (bicyclic) bond motifs is 1. The van der Waals surface area contributed by atoms with Crippen molar-refractivity contribution in [1.82, 2.24) is 19.7 Å². The summed E-state index contributed by atoms with van der Waals surface area (Å²) in [6.45, 7) is 3.32. The molecule has 5 aromatic rings. The van der Waals surface area contributed by atoms with Crippen molar-refractivity contribution < 1.29 is 4.74 Å². The minimum Gasteiger partial charge on any atom is -0.489 e. The van der Waals surface area contributed by atoms with Crippen LogP contribution >= 0.6 is 0 Å². The Morgan fingerprint density at radius 1 is 1.00 bits per heavy atom. The van der Waals surface area contributed by atoms with Crippen molar-refractivity contribution >= 4 is 11.0 Å². The van der Waals surface area contributed by atoms with Crippen molar-refractivity contribution in [2.24, 2.45) is 0 Å². The molecule has 2 heterocycles. The van der Waals surface area contributed by atoms with Gasteiger partial charge in [0.25, 0.3) is 0 Å². The molecule has 0 bridgehead atoms. The molecule has 168 valence electrons. The standard InChI is InChI=1S/C28H25N5O/c1-2-3-16-34-27-25(22-12-8-5-9-13-22)32-33(19-20-10-6-4-7-11-20)26(27)28-30-23-15-14-21(18-29)17-24(23)31-28/h4-15,17H,2-3,16,19H2,1H3,(H,30,31). The van der Waals surface area contributed by atoms with Crippen LogP contribution < -0.4 is 4.74 Å². The normalized spacial score (nSPS) is 10.9. The molecule has 34 heavy (non-hydrogen) atoms. The van der Waals surface area contributed by atoms with Crippen LogP contribution in [0.15, 0.2) is 78.9 Å². The van der Waals surface area contributed by atoms with E-state index in [1.165, 1.54) is 0 Å². The number of nitrogens with zero attached hydrogens (tertiary/aromatic N) is 4. The van der Waals surface area contributed by atoms with Gasteiger partial charge in [-0.3, -0.25) is 4.68 Å². The van der Waals surface area contributed by atoms with Gasteiger partial charge in [-0.05, 0) is 30.2 Å². The fourth-order valence-electron chi connectivity index (χ4n) is 3.98. The molecule has 0 radical (unpaired) electrons. The lowest BCUT2D eigenvalue weighted by atomic mass is 10.1. The van der Waals surface area contributed by atoms with Gasteiger partial charge in [-0.15, -0.1) is 0 Å². The highest BCUT2D eigenvalue weighted by Gasteiger charge is 2.25. The smallest absolute Gasteiger partial charge is 0.176 e. The molecule has 3 aromatic carbocycles. The molecular formula is C28H25N5O. The van der Waals surface area contributed by atoms with Gasteiger partial charge in [0.05, 0.1) is 35.8 Å². The van der Waals surface area contributed by atoms with Gasteiger partial charge in [0.2, 0.25) is 0 Å². The largest absolute Gasteiger partial charge is 0.489 e. The number of hydrogen-bond acceptors (Lipinski definition) is 4. The number of benzene rings is 3. The van der Waals surface area contributed by atoms with Gasteiger partial charge in [-0.2, -0.15) is 10.4 Å². The maximum absolute atomic E-state index is 9.30. The van der Waals surface area contributed by atoms with E-state index in [1.54, 1.807) is 6.07 Å². The van der Waals surface area contributed by atoms with Crippen LogP contribution in [-0.4, -0.2) is 26.4 Å². The average Bonchev–Trinajstić information content (AvgIpc) is 3.45. The summed E-state index contributed by atoms with van der Waals surface area (Å²) in [5.74, 6) is 1.39. The predicted octanol–water partition coefficient (Wildman–Crippen LogP) is 6.19. The first-order chi connectivity index (χ1) is 16.8. The van der Waals surface area contributed by atoms with E-state index in [-0.39, 0.29) is 0 Å². The Bertz CT molecular complexity index is 1450. The Hall–Kier alpha value is -4.37. The van der Waals surface area contributed by atoms with Crippen LogP contribution in [0.2, 0.25) is 0 Å². The zero-order valence-electron chi connectivity index (χ0n) is 19.0. The summed E-state index contributed by atoms with van der Waals surface area (Å²) < 4.78 is 8.34. The molecule has 2 aromatic heterocycles. The van der Waals surface area contributed by atoms with Crippen LogP contribution in [0, 0.1) is 11.3 Å². The van der Waals surface area contributed by atoms with Crippen LogP contribution in [0.3, 0.4) is 0 Å². The Morgan fingerprint density at radius 2 is 1.76 bits per heavy atom. The molecular weight excluding hydrogens is 422 g/mol. The fraction of sp³-hybridized carbons (Fsp3) is 0.179. The second kappa shape index (κ2) is 9.63. The molecule has 0 aliphatic rings. The van der Waals surface area contributed by atoms with Gasteiger partial charge in [-0.25, -0.2) is 4.98 Å². The first-order valence-electron chi connectivity index (χ1n) is 11.5. The number of imidazole rings is 1. The van der Waals surface area contributed by atoms with E-state index < -0.39 is 0 Å². The minimum absolute atomic E-state index is 0.577. The SMILES string of the molecule is CCCCOc1c(-c2ccccc2)nn(Cc2ccccc2)c1-c1nc2ccc(C#N)cc2[nH]1. The van der Waals surface area contributed by atoms with E-state index in [4.69, 9.17) is 14.8 Å². The monoisotopic (exact) mass is 447 g/mol. The number of aromatic nitrogens is 4. The number of hydrogen-bond donors (Lipinski definition) is 1. The highest BCUT2D eigenvalue weighted by molar-refractivity contribution is 5.83. The summed E-state index contributed by atoms with van der Waals surface area (Å²) in [5, 5.41) is 14.3. The Balaban J connectivity index is 1.71. The molecule has 0 saturated carbocycles. The van der Waals surface area contributed by atoms with Crippen molar-refractivity contribution in [3.05, 3.63) is 90.0 Å². The Kier molecular flexibility index (Phi) is 6.09. The summed E-state index contributed by atoms with van der Waals surface area (Å²) in [6.07, 6.45) is 1.99. The van der Waals surface area contributed by atoms with Crippen LogP contribution in [0.5, 0.6) is 5.75 Å². The van der Waals surface area contributed by atoms with E-state index in [2.05, 4.69) is 30.1 Å². The minimum atomic E-state index is 0.577. The van der Waals surface area contributed by atoms with Gasteiger partial charge < -0.3 is 9.72 Å². The lowest BCUT2D eigenvalue weighted by molar-refractivity contribution is 0.311. The molecule has 0 aliphatic carbocycles. The van der Waals surface area contributed by atoms with Gasteiger partial charge in [0.15, 0.2) is 11.6 Å². The maximum Gasteiger partial charge on any atom is 0.176 e. The summed E-state index contributed by atoms with van der Waals surface area (Å²) in [7, 11) is 0. The zero-order valence-corrected chi connectivity index (χ0v) is 19.0. The number of nitrogens with one attached hydrogen (secondary N) is 1. The molecule has 0 saturated heterocycles. The molecule has 0 aliphatic heterocycles. The van der Waals surface area contributed by atoms with Crippen molar-refractivity contribution in [3.63, 3.8) is 0 Å². The third-order valence-electron chi connectivity index (χ3n) is 5.71. The van der Waals surface area contributed by atoms with Crippen LogP contribution in [0.25, 0.3) is 33.8 Å². The van der Waals surface area contributed by atoms with E-state index in [9.17, 15) is 5.26 Å². The first kappa shape index (κ1) is 21.5. The number of ether oxygens (including phenoxy) is 1. The van der Waals surface area contributed by atoms with Crippen molar-refractivity contribution in [2.75, 3.05) is 6.61 Å². The topological polar surface area (TPSA) is 79.5 Å². The summed E-state index contributed by atoms with van der Waals surface area (Å²) in [6, 6.07) is 28.0. The van der Waals surface area contributed by atoms with E-state index in [1.807, 2.05) is 65.3 Å². The molecule has 0 amide bonds. The van der Waals surface area contributed by atoms with Gasteiger partial charge in [0.1, 0.15) is 11.4 Å². The van der Waals surface area contributed by atoms with E-state index in [0.29, 0.717) is 24.5 Å². The summed E-state index contributed by atoms with van der Waals surface area (Å²) >= 11 is 0. The van der Waals surface area contributed by atoms with Crippen molar-refractivity contribution in [2.45, 2.75) is 26.3 Å². The number of aromatic amines is 1. The molecule has 0 atom stereocenters. The van der Waals surface area contributed by atoms with Crippen LogP contribution in [0.1, 0.15) is 30.9 Å². The first-order valence-corrected chi connectivity index (χ1v) is 11.5. The highest BCUT2D eigenvalue weighted by Crippen LogP contribution is 2.39. The van der Waals surface area contributed by atoms with Crippen molar-refractivity contribution in [1.29, 1.82) is 5.26 Å². The Labute approximate surface area is 198 Å². The second-order valence-electron chi connectivity index (χ2n) is 8.17. The van der Waals surface area contributed by atoms with Gasteiger partial charge in [-0.1, -0.05) is 74.0 Å². The van der Waals surface area contributed by atoms with Crippen LogP contribution in [0.4, 0.5) is 0 Å². The molecule has 1 N–H and O–H groups in total. The summed E-state index contributed by atoms with van der Waals surface area (Å²) in [4.78, 5) is 8.26. The second-order valence-corrected chi connectivity index (χ2v) is 8.17. The highest BCUT2D eigenvalue weighted by atomic mass is 16.5. The van der Waals surface area contributed by atoms with Crippen LogP contribution in [-0.2, 0) is 6.54 Å². The quantitative estimate of drug-likeness (QED) is 0.288. The molecule has 0 spiro atoms. The number of rotatable bonds is 8. The molecule has 0 unspecified atom stereocenters. The van der Waals surface area contributed by atoms with E-state index >= 15 is 0 Å². The molecule has 6 nitrogen and oxygen atoms in total. The number of nitriles is 1. The molecule has 6 heteroatoms. The molecule has 0 fully saturated rings. The predicted molar refractivity (Wildman–Crippen MR) is 133 cm³/mol.